The molecule has 1 aromatic heterocycles. The van der Waals surface area contributed by atoms with Crippen molar-refractivity contribution >= 4 is 17.5 Å². The van der Waals surface area contributed by atoms with Gasteiger partial charge in [0, 0.05) is 25.6 Å². The summed E-state index contributed by atoms with van der Waals surface area (Å²) >= 11 is 0. The predicted molar refractivity (Wildman–Crippen MR) is 89.8 cm³/mol. The number of carbonyl (C=O) groups excluding carboxylic acids is 2. The minimum atomic E-state index is -0.167. The Labute approximate surface area is 145 Å². The lowest BCUT2D eigenvalue weighted by atomic mass is 10.0. The highest BCUT2D eigenvalue weighted by Gasteiger charge is 2.35. The highest BCUT2D eigenvalue weighted by atomic mass is 16.5. The lowest BCUT2D eigenvalue weighted by molar-refractivity contribution is -0.132. The van der Waals surface area contributed by atoms with Crippen molar-refractivity contribution in [3.63, 3.8) is 0 Å². The molecule has 4 rings (SSSR count). The largest absolute Gasteiger partial charge is 0.340 e. The third-order valence-electron chi connectivity index (χ3n) is 4.90. The van der Waals surface area contributed by atoms with E-state index in [-0.39, 0.29) is 24.4 Å². The van der Waals surface area contributed by atoms with Crippen LogP contribution in [0.25, 0.3) is 0 Å². The van der Waals surface area contributed by atoms with Gasteiger partial charge in [0.2, 0.25) is 17.7 Å². The number of rotatable bonds is 3. The molecule has 1 aromatic carbocycles. The first kappa shape index (κ1) is 15.8. The number of para-hydroxylation sites is 1. The van der Waals surface area contributed by atoms with E-state index in [0.717, 1.165) is 30.5 Å². The average Bonchev–Trinajstić information content (AvgIpc) is 3.26. The van der Waals surface area contributed by atoms with Gasteiger partial charge < -0.3 is 14.3 Å². The van der Waals surface area contributed by atoms with Crippen LogP contribution in [-0.4, -0.2) is 39.9 Å². The Kier molecular flexibility index (Phi) is 3.99. The van der Waals surface area contributed by atoms with E-state index >= 15 is 0 Å². The monoisotopic (exact) mass is 340 g/mol. The first-order valence-corrected chi connectivity index (χ1v) is 8.61. The van der Waals surface area contributed by atoms with Crippen molar-refractivity contribution in [1.82, 2.24) is 15.0 Å². The molecule has 1 atom stereocenters. The zero-order valence-corrected chi connectivity index (χ0v) is 14.1. The molecule has 1 unspecified atom stereocenters. The smallest absolute Gasteiger partial charge is 0.243 e. The Balaban J connectivity index is 1.54. The molecular formula is C18H20N4O3. The summed E-state index contributed by atoms with van der Waals surface area (Å²) in [5.41, 5.74) is 1.96. The summed E-state index contributed by atoms with van der Waals surface area (Å²) in [6.45, 7) is 2.45. The maximum absolute atomic E-state index is 12.9. The van der Waals surface area contributed by atoms with Gasteiger partial charge in [0.25, 0.3) is 0 Å². The van der Waals surface area contributed by atoms with Crippen LogP contribution in [0.3, 0.4) is 0 Å². The summed E-state index contributed by atoms with van der Waals surface area (Å²) in [4.78, 5) is 32.9. The van der Waals surface area contributed by atoms with E-state index in [4.69, 9.17) is 4.52 Å². The molecule has 0 N–H and O–H groups in total. The predicted octanol–water partition coefficient (Wildman–Crippen LogP) is 2.02. The van der Waals surface area contributed by atoms with Gasteiger partial charge in [-0.2, -0.15) is 4.98 Å². The second-order valence-corrected chi connectivity index (χ2v) is 6.53. The van der Waals surface area contributed by atoms with Crippen molar-refractivity contribution in [2.24, 2.45) is 0 Å². The van der Waals surface area contributed by atoms with Crippen molar-refractivity contribution in [3.8, 4) is 0 Å². The lowest BCUT2D eigenvalue weighted by Crippen LogP contribution is -2.44. The first-order valence-electron chi connectivity index (χ1n) is 8.61. The van der Waals surface area contributed by atoms with Crippen molar-refractivity contribution in [3.05, 3.63) is 41.5 Å². The van der Waals surface area contributed by atoms with E-state index in [9.17, 15) is 9.59 Å². The molecule has 7 nitrogen and oxygen atoms in total. The topological polar surface area (TPSA) is 79.5 Å². The van der Waals surface area contributed by atoms with Crippen LogP contribution in [0.15, 0.2) is 28.8 Å². The normalized spacial score (nSPS) is 20.0. The van der Waals surface area contributed by atoms with Crippen molar-refractivity contribution in [2.75, 3.05) is 18.0 Å². The van der Waals surface area contributed by atoms with Crippen LogP contribution < -0.4 is 4.90 Å². The van der Waals surface area contributed by atoms with Crippen LogP contribution in [0, 0.1) is 6.92 Å². The molecule has 2 aromatic rings. The van der Waals surface area contributed by atoms with Gasteiger partial charge in [0.1, 0.15) is 6.54 Å². The second-order valence-electron chi connectivity index (χ2n) is 6.53. The van der Waals surface area contributed by atoms with E-state index in [1.54, 1.807) is 16.7 Å². The van der Waals surface area contributed by atoms with Gasteiger partial charge in [-0.15, -0.1) is 0 Å². The lowest BCUT2D eigenvalue weighted by Gasteiger charge is -2.31. The van der Waals surface area contributed by atoms with Crippen molar-refractivity contribution in [1.29, 1.82) is 0 Å². The van der Waals surface area contributed by atoms with E-state index in [1.165, 1.54) is 0 Å². The minimum absolute atomic E-state index is 0.00166. The van der Waals surface area contributed by atoms with Gasteiger partial charge >= 0.3 is 0 Å². The molecule has 0 radical (unpaired) electrons. The van der Waals surface area contributed by atoms with Crippen molar-refractivity contribution < 1.29 is 14.1 Å². The third kappa shape index (κ3) is 2.90. The molecule has 25 heavy (non-hydrogen) atoms. The minimum Gasteiger partial charge on any atom is -0.340 e. The summed E-state index contributed by atoms with van der Waals surface area (Å²) in [5, 5.41) is 3.97. The molecule has 0 aliphatic carbocycles. The quantitative estimate of drug-likeness (QED) is 0.854. The summed E-state index contributed by atoms with van der Waals surface area (Å²) in [6, 6.07) is 7.61. The van der Waals surface area contributed by atoms with E-state index < -0.39 is 0 Å². The van der Waals surface area contributed by atoms with E-state index in [1.807, 2.05) is 24.3 Å². The Morgan fingerprint density at radius 2 is 2.16 bits per heavy atom. The zero-order chi connectivity index (χ0) is 17.4. The Morgan fingerprint density at radius 1 is 1.32 bits per heavy atom. The number of likely N-dealkylation sites (tertiary alicyclic amines) is 1. The number of carbonyl (C=O) groups is 2. The molecular weight excluding hydrogens is 320 g/mol. The number of aromatic nitrogens is 2. The van der Waals surface area contributed by atoms with Crippen LogP contribution in [0.2, 0.25) is 0 Å². The SMILES string of the molecule is Cc1nc(C2CCCN2C(=O)CN2C(=O)CCc3ccccc32)no1. The fourth-order valence-corrected chi connectivity index (χ4v) is 3.68. The number of hydrogen-bond donors (Lipinski definition) is 0. The molecule has 3 heterocycles. The number of nitrogens with zero attached hydrogens (tertiary/aromatic N) is 4. The standard InChI is InChI=1S/C18H20N4O3/c1-12-19-18(20-25-12)15-7-4-10-21(15)17(24)11-22-14-6-3-2-5-13(14)8-9-16(22)23/h2-3,5-6,15H,4,7-11H2,1H3. The molecule has 2 aliphatic rings. The van der Waals surface area contributed by atoms with Crippen LogP contribution >= 0.6 is 0 Å². The molecule has 0 spiro atoms. The van der Waals surface area contributed by atoms with Gasteiger partial charge in [-0.3, -0.25) is 9.59 Å². The molecule has 2 amide bonds. The number of anilines is 1. The van der Waals surface area contributed by atoms with Gasteiger partial charge in [-0.1, -0.05) is 23.4 Å². The fraction of sp³-hybridized carbons (Fsp3) is 0.444. The molecule has 130 valence electrons. The molecule has 0 saturated carbocycles. The fourth-order valence-electron chi connectivity index (χ4n) is 3.68. The molecule has 1 saturated heterocycles. The maximum atomic E-state index is 12.9. The van der Waals surface area contributed by atoms with Crippen LogP contribution in [0.5, 0.6) is 0 Å². The van der Waals surface area contributed by atoms with Crippen LogP contribution in [0.1, 0.15) is 42.6 Å². The van der Waals surface area contributed by atoms with Gasteiger partial charge in [-0.25, -0.2) is 0 Å². The third-order valence-corrected chi connectivity index (χ3v) is 4.90. The van der Waals surface area contributed by atoms with E-state index in [0.29, 0.717) is 24.7 Å². The molecule has 7 heteroatoms. The number of amides is 2. The molecule has 2 aliphatic heterocycles. The number of hydrogen-bond acceptors (Lipinski definition) is 5. The first-order chi connectivity index (χ1) is 12.1. The summed E-state index contributed by atoms with van der Waals surface area (Å²) < 4.78 is 5.05. The van der Waals surface area contributed by atoms with Crippen LogP contribution in [-0.2, 0) is 16.0 Å². The maximum Gasteiger partial charge on any atom is 0.243 e. The zero-order valence-electron chi connectivity index (χ0n) is 14.1. The Morgan fingerprint density at radius 3 is 2.96 bits per heavy atom. The van der Waals surface area contributed by atoms with Crippen molar-refractivity contribution in [2.45, 2.75) is 38.6 Å². The number of benzene rings is 1. The Bertz CT molecular complexity index is 816. The summed E-state index contributed by atoms with van der Waals surface area (Å²) in [6.07, 6.45) is 2.88. The second kappa shape index (κ2) is 6.31. The van der Waals surface area contributed by atoms with Gasteiger partial charge in [0.15, 0.2) is 5.82 Å². The molecule has 1 fully saturated rings. The van der Waals surface area contributed by atoms with Gasteiger partial charge in [-0.05, 0) is 30.9 Å². The van der Waals surface area contributed by atoms with Crippen LogP contribution in [0.4, 0.5) is 5.69 Å². The van der Waals surface area contributed by atoms with Gasteiger partial charge in [0.05, 0.1) is 6.04 Å². The average molecular weight is 340 g/mol. The summed E-state index contributed by atoms with van der Waals surface area (Å²) in [7, 11) is 0. The number of fused-ring (bicyclic) bond motifs is 1. The number of aryl methyl sites for hydroxylation is 2. The Hall–Kier alpha value is -2.70. The van der Waals surface area contributed by atoms with E-state index in [2.05, 4.69) is 10.1 Å². The molecule has 0 bridgehead atoms. The summed E-state index contributed by atoms with van der Waals surface area (Å²) in [5.74, 6) is 0.969. The highest BCUT2D eigenvalue weighted by Crippen LogP contribution is 2.32. The highest BCUT2D eigenvalue weighted by molar-refractivity contribution is 6.01.